The van der Waals surface area contributed by atoms with E-state index in [1.807, 2.05) is 24.4 Å². The zero-order valence-electron chi connectivity index (χ0n) is 12.2. The molecule has 1 aromatic carbocycles. The van der Waals surface area contributed by atoms with Crippen LogP contribution in [0.3, 0.4) is 0 Å². The number of thiazole rings is 1. The van der Waals surface area contributed by atoms with Crippen LogP contribution in [0.15, 0.2) is 29.6 Å². The largest absolute Gasteiger partial charge is 0.480 e. The normalized spacial score (nSPS) is 17.7. The molecule has 114 valence electrons. The van der Waals surface area contributed by atoms with Crippen LogP contribution in [0, 0.1) is 6.92 Å². The molecule has 5 nitrogen and oxygen atoms in total. The quantitative estimate of drug-likeness (QED) is 0.945. The number of rotatable bonds is 3. The fraction of sp³-hybridized carbons (Fsp3) is 0.312. The number of amides is 1. The summed E-state index contributed by atoms with van der Waals surface area (Å²) in [6, 6.07) is 6.50. The summed E-state index contributed by atoms with van der Waals surface area (Å²) in [5.41, 5.74) is 2.46. The van der Waals surface area contributed by atoms with Gasteiger partial charge in [-0.15, -0.1) is 11.3 Å². The van der Waals surface area contributed by atoms with Crippen molar-refractivity contribution in [2.75, 3.05) is 6.54 Å². The number of carboxylic acid groups (broad SMARTS) is 1. The van der Waals surface area contributed by atoms with Gasteiger partial charge in [-0.3, -0.25) is 4.79 Å². The highest BCUT2D eigenvalue weighted by atomic mass is 32.1. The van der Waals surface area contributed by atoms with Gasteiger partial charge in [-0.2, -0.15) is 0 Å². The van der Waals surface area contributed by atoms with Gasteiger partial charge in [-0.05, 0) is 31.9 Å². The molecule has 0 bridgehead atoms. The van der Waals surface area contributed by atoms with E-state index in [0.29, 0.717) is 18.5 Å². The van der Waals surface area contributed by atoms with Crippen LogP contribution in [0.4, 0.5) is 0 Å². The molecular formula is C16H16N2O3S. The molecule has 1 saturated heterocycles. The summed E-state index contributed by atoms with van der Waals surface area (Å²) in [5, 5.41) is 12.1. The molecule has 1 aliphatic rings. The first-order valence-electron chi connectivity index (χ1n) is 7.12. The van der Waals surface area contributed by atoms with Gasteiger partial charge < -0.3 is 10.0 Å². The molecule has 2 heterocycles. The van der Waals surface area contributed by atoms with Gasteiger partial charge in [0.1, 0.15) is 11.0 Å². The van der Waals surface area contributed by atoms with Gasteiger partial charge in [0, 0.05) is 28.7 Å². The Morgan fingerprint density at radius 2 is 2.05 bits per heavy atom. The minimum absolute atomic E-state index is 0.216. The second-order valence-corrected chi connectivity index (χ2v) is 6.22. The van der Waals surface area contributed by atoms with Crippen LogP contribution in [-0.4, -0.2) is 39.5 Å². The van der Waals surface area contributed by atoms with Crippen LogP contribution < -0.4 is 0 Å². The number of aromatic nitrogens is 1. The van der Waals surface area contributed by atoms with Crippen LogP contribution in [-0.2, 0) is 4.79 Å². The Hall–Kier alpha value is -2.21. The monoisotopic (exact) mass is 316 g/mol. The highest BCUT2D eigenvalue weighted by Crippen LogP contribution is 2.25. The summed E-state index contributed by atoms with van der Waals surface area (Å²) in [6.45, 7) is 2.44. The maximum atomic E-state index is 12.5. The number of carbonyl (C=O) groups is 2. The first kappa shape index (κ1) is 14.7. The summed E-state index contributed by atoms with van der Waals surface area (Å²) in [4.78, 5) is 29.5. The molecule has 1 fully saturated rings. The number of nitrogens with zero attached hydrogens (tertiary/aromatic N) is 2. The average molecular weight is 316 g/mol. The fourth-order valence-corrected chi connectivity index (χ4v) is 3.48. The highest BCUT2D eigenvalue weighted by molar-refractivity contribution is 7.13. The van der Waals surface area contributed by atoms with Crippen molar-refractivity contribution in [3.05, 3.63) is 40.9 Å². The average Bonchev–Trinajstić information content (AvgIpc) is 3.15. The number of hydrogen-bond donors (Lipinski definition) is 1. The summed E-state index contributed by atoms with van der Waals surface area (Å²) in [6.07, 6.45) is 1.26. The fourth-order valence-electron chi connectivity index (χ4n) is 2.67. The lowest BCUT2D eigenvalue weighted by atomic mass is 10.1. The minimum Gasteiger partial charge on any atom is -0.480 e. The summed E-state index contributed by atoms with van der Waals surface area (Å²) in [5.74, 6) is -1.15. The van der Waals surface area contributed by atoms with Crippen LogP contribution in [0.5, 0.6) is 0 Å². The topological polar surface area (TPSA) is 70.5 Å². The Balaban J connectivity index is 1.80. The smallest absolute Gasteiger partial charge is 0.326 e. The molecule has 2 aromatic rings. The number of carbonyl (C=O) groups excluding carboxylic acids is 1. The van der Waals surface area contributed by atoms with Crippen molar-refractivity contribution in [1.82, 2.24) is 9.88 Å². The van der Waals surface area contributed by atoms with Crippen LogP contribution in [0.1, 0.15) is 28.9 Å². The second kappa shape index (κ2) is 5.88. The van der Waals surface area contributed by atoms with Gasteiger partial charge >= 0.3 is 5.97 Å². The lowest BCUT2D eigenvalue weighted by Gasteiger charge is -2.21. The molecule has 0 spiro atoms. The predicted molar refractivity (Wildman–Crippen MR) is 84.0 cm³/mol. The van der Waals surface area contributed by atoms with Gasteiger partial charge in [0.15, 0.2) is 0 Å². The van der Waals surface area contributed by atoms with Crippen LogP contribution in [0.25, 0.3) is 10.6 Å². The zero-order valence-corrected chi connectivity index (χ0v) is 13.0. The summed E-state index contributed by atoms with van der Waals surface area (Å²) < 4.78 is 0. The van der Waals surface area contributed by atoms with Crippen molar-refractivity contribution in [1.29, 1.82) is 0 Å². The van der Waals surface area contributed by atoms with E-state index in [1.165, 1.54) is 4.90 Å². The highest BCUT2D eigenvalue weighted by Gasteiger charge is 2.34. The van der Waals surface area contributed by atoms with Gasteiger partial charge in [-0.25, -0.2) is 9.78 Å². The third-order valence-electron chi connectivity index (χ3n) is 3.80. The van der Waals surface area contributed by atoms with E-state index in [4.69, 9.17) is 0 Å². The zero-order chi connectivity index (χ0) is 15.7. The molecule has 1 aliphatic heterocycles. The number of likely N-dealkylation sites (tertiary alicyclic amines) is 1. The van der Waals surface area contributed by atoms with Crippen molar-refractivity contribution < 1.29 is 14.7 Å². The molecule has 22 heavy (non-hydrogen) atoms. The molecule has 1 amide bonds. The van der Waals surface area contributed by atoms with Crippen molar-refractivity contribution in [2.45, 2.75) is 25.8 Å². The summed E-state index contributed by atoms with van der Waals surface area (Å²) >= 11 is 1.56. The van der Waals surface area contributed by atoms with E-state index >= 15 is 0 Å². The first-order valence-corrected chi connectivity index (χ1v) is 8.00. The van der Waals surface area contributed by atoms with Crippen molar-refractivity contribution in [2.24, 2.45) is 0 Å². The molecular weight excluding hydrogens is 300 g/mol. The van der Waals surface area contributed by atoms with Crippen molar-refractivity contribution in [3.8, 4) is 10.6 Å². The maximum Gasteiger partial charge on any atom is 0.326 e. The van der Waals surface area contributed by atoms with Crippen LogP contribution in [0.2, 0.25) is 0 Å². The molecule has 0 saturated carbocycles. The SMILES string of the molecule is Cc1csc(-c2ccc(C(=O)N3CCCC3C(=O)O)cc2)n1. The van der Waals surface area contributed by atoms with Crippen molar-refractivity contribution in [3.63, 3.8) is 0 Å². The number of carboxylic acids is 1. The van der Waals surface area contributed by atoms with Gasteiger partial charge in [-0.1, -0.05) is 12.1 Å². The Kier molecular flexibility index (Phi) is 3.94. The molecule has 1 unspecified atom stereocenters. The lowest BCUT2D eigenvalue weighted by molar-refractivity contribution is -0.141. The molecule has 1 aromatic heterocycles. The number of aryl methyl sites for hydroxylation is 1. The Labute approximate surface area is 132 Å². The predicted octanol–water partition coefficient (Wildman–Crippen LogP) is 2.81. The molecule has 3 rings (SSSR count). The number of hydrogen-bond acceptors (Lipinski definition) is 4. The Morgan fingerprint density at radius 1 is 1.32 bits per heavy atom. The van der Waals surface area contributed by atoms with E-state index in [9.17, 15) is 14.7 Å². The second-order valence-electron chi connectivity index (χ2n) is 5.37. The molecule has 6 heteroatoms. The number of benzene rings is 1. The van der Waals surface area contributed by atoms with E-state index in [2.05, 4.69) is 4.98 Å². The molecule has 1 atom stereocenters. The van der Waals surface area contributed by atoms with Gasteiger partial charge in [0.2, 0.25) is 0 Å². The molecule has 0 aliphatic carbocycles. The van der Waals surface area contributed by atoms with Gasteiger partial charge in [0.05, 0.1) is 0 Å². The standard InChI is InChI=1S/C16H16N2O3S/c1-10-9-22-14(17-10)11-4-6-12(7-5-11)15(19)18-8-2-3-13(18)16(20)21/h4-7,9,13H,2-3,8H2,1H3,(H,20,21). The summed E-state index contributed by atoms with van der Waals surface area (Å²) in [7, 11) is 0. The third-order valence-corrected chi connectivity index (χ3v) is 4.81. The maximum absolute atomic E-state index is 12.5. The van der Waals surface area contributed by atoms with E-state index in [-0.39, 0.29) is 5.91 Å². The lowest BCUT2D eigenvalue weighted by Crippen LogP contribution is -2.40. The minimum atomic E-state index is -0.930. The van der Waals surface area contributed by atoms with Crippen molar-refractivity contribution >= 4 is 23.2 Å². The Morgan fingerprint density at radius 3 is 2.64 bits per heavy atom. The van der Waals surface area contributed by atoms with E-state index in [0.717, 1.165) is 22.7 Å². The van der Waals surface area contributed by atoms with Crippen LogP contribution >= 0.6 is 11.3 Å². The molecule has 1 N–H and O–H groups in total. The molecule has 0 radical (unpaired) electrons. The van der Waals surface area contributed by atoms with E-state index in [1.54, 1.807) is 23.5 Å². The van der Waals surface area contributed by atoms with E-state index < -0.39 is 12.0 Å². The van der Waals surface area contributed by atoms with Gasteiger partial charge in [0.25, 0.3) is 5.91 Å². The number of aliphatic carboxylic acids is 1. The first-order chi connectivity index (χ1) is 10.6. The Bertz CT molecular complexity index is 708. The third kappa shape index (κ3) is 2.74.